The largest absolute Gasteiger partial charge is 0.322 e. The third-order valence-electron chi connectivity index (χ3n) is 5.39. The highest BCUT2D eigenvalue weighted by molar-refractivity contribution is 7.89. The number of carbonyl (C=O) groups is 1. The number of benzene rings is 2. The van der Waals surface area contributed by atoms with E-state index in [-0.39, 0.29) is 10.6 Å². The van der Waals surface area contributed by atoms with Crippen molar-refractivity contribution in [3.05, 3.63) is 72.6 Å². The van der Waals surface area contributed by atoms with Crippen LogP contribution in [0, 0.1) is 5.82 Å². The Morgan fingerprint density at radius 3 is 2.39 bits per heavy atom. The van der Waals surface area contributed by atoms with Crippen molar-refractivity contribution < 1.29 is 17.6 Å². The Labute approximate surface area is 191 Å². The zero-order valence-electron chi connectivity index (χ0n) is 17.9. The van der Waals surface area contributed by atoms with Crippen LogP contribution in [0.5, 0.6) is 0 Å². The number of halogens is 1. The molecule has 1 aromatic heterocycles. The van der Waals surface area contributed by atoms with Gasteiger partial charge in [-0.25, -0.2) is 22.5 Å². The van der Waals surface area contributed by atoms with Gasteiger partial charge in [0.25, 0.3) is 0 Å². The van der Waals surface area contributed by atoms with Gasteiger partial charge in [-0.05, 0) is 54.8 Å². The molecule has 0 bridgehead atoms. The van der Waals surface area contributed by atoms with E-state index in [1.807, 2.05) is 0 Å². The van der Waals surface area contributed by atoms with Gasteiger partial charge in [-0.3, -0.25) is 4.79 Å². The van der Waals surface area contributed by atoms with E-state index in [1.165, 1.54) is 35.5 Å². The van der Waals surface area contributed by atoms with Crippen LogP contribution >= 0.6 is 0 Å². The fraction of sp³-hybridized carbons (Fsp3) is 0.261. The first-order chi connectivity index (χ1) is 15.9. The third kappa shape index (κ3) is 5.52. The van der Waals surface area contributed by atoms with Crippen molar-refractivity contribution in [2.45, 2.75) is 30.6 Å². The molecular formula is C23H24FN5O3S. The van der Waals surface area contributed by atoms with Gasteiger partial charge < -0.3 is 5.32 Å². The number of nitrogens with one attached hydrogen (secondary N) is 1. The molecule has 1 aliphatic heterocycles. The zero-order valence-corrected chi connectivity index (χ0v) is 18.7. The maximum atomic E-state index is 14.3. The normalized spacial score (nSPS) is 15.4. The molecule has 0 radical (unpaired) electrons. The fourth-order valence-electron chi connectivity index (χ4n) is 3.64. The summed E-state index contributed by atoms with van der Waals surface area (Å²) in [5, 5.41) is 6.48. The van der Waals surface area contributed by atoms with Gasteiger partial charge in [0.2, 0.25) is 15.9 Å². The summed E-state index contributed by atoms with van der Waals surface area (Å²) in [5.74, 6) is -0.993. The summed E-state index contributed by atoms with van der Waals surface area (Å²) in [5.41, 5.74) is 1.19. The van der Waals surface area contributed by atoms with Crippen molar-refractivity contribution in [2.24, 2.45) is 0 Å². The van der Waals surface area contributed by atoms with Crippen LogP contribution < -0.4 is 5.32 Å². The van der Waals surface area contributed by atoms with Crippen LogP contribution in [0.25, 0.3) is 11.8 Å². The van der Waals surface area contributed by atoms with E-state index in [0.29, 0.717) is 24.3 Å². The Morgan fingerprint density at radius 2 is 1.76 bits per heavy atom. The molecule has 4 rings (SSSR count). The second-order valence-corrected chi connectivity index (χ2v) is 9.65. The van der Waals surface area contributed by atoms with Gasteiger partial charge in [0.05, 0.1) is 4.90 Å². The van der Waals surface area contributed by atoms with Crippen molar-refractivity contribution in [1.82, 2.24) is 19.1 Å². The summed E-state index contributed by atoms with van der Waals surface area (Å²) >= 11 is 0. The molecule has 1 fully saturated rings. The molecule has 1 amide bonds. The summed E-state index contributed by atoms with van der Waals surface area (Å²) in [6.45, 7) is 1.09. The maximum Gasteiger partial charge on any atom is 0.248 e. The lowest BCUT2D eigenvalue weighted by molar-refractivity contribution is -0.111. The standard InChI is InChI=1S/C23H24FN5O3S/c24-21-15-19(8-11-22(21)29-17-25-16-26-29)27-23(30)12-7-18-5-9-20(10-6-18)33(31,32)28-13-3-1-2-4-14-28/h5-12,15-17H,1-4,13-14H2,(H,27,30)/b12-7+. The lowest BCUT2D eigenvalue weighted by atomic mass is 10.2. The molecule has 8 nitrogen and oxygen atoms in total. The number of hydrogen-bond donors (Lipinski definition) is 1. The second-order valence-electron chi connectivity index (χ2n) is 7.72. The minimum Gasteiger partial charge on any atom is -0.322 e. The number of amides is 1. The Balaban J connectivity index is 1.39. The summed E-state index contributed by atoms with van der Waals surface area (Å²) in [6, 6.07) is 10.7. The lowest BCUT2D eigenvalue weighted by Crippen LogP contribution is -2.31. The van der Waals surface area contributed by atoms with Crippen molar-refractivity contribution in [2.75, 3.05) is 18.4 Å². The van der Waals surface area contributed by atoms with Gasteiger partial charge >= 0.3 is 0 Å². The average molecular weight is 470 g/mol. The smallest absolute Gasteiger partial charge is 0.248 e. The Hall–Kier alpha value is -3.37. The van der Waals surface area contributed by atoms with Gasteiger partial charge in [-0.15, -0.1) is 0 Å². The van der Waals surface area contributed by atoms with Crippen molar-refractivity contribution in [1.29, 1.82) is 0 Å². The molecule has 10 heteroatoms. The Morgan fingerprint density at radius 1 is 1.03 bits per heavy atom. The fourth-order valence-corrected chi connectivity index (χ4v) is 5.16. The highest BCUT2D eigenvalue weighted by Crippen LogP contribution is 2.21. The van der Waals surface area contributed by atoms with E-state index < -0.39 is 21.7 Å². The van der Waals surface area contributed by atoms with E-state index in [0.717, 1.165) is 25.7 Å². The maximum absolute atomic E-state index is 14.3. The van der Waals surface area contributed by atoms with Crippen LogP contribution in [0.15, 0.2) is 66.1 Å². The molecule has 2 aromatic carbocycles. The van der Waals surface area contributed by atoms with Crippen LogP contribution in [0.2, 0.25) is 0 Å². The minimum absolute atomic E-state index is 0.219. The molecule has 2 heterocycles. The van der Waals surface area contributed by atoms with Crippen LogP contribution in [0.1, 0.15) is 31.2 Å². The quantitative estimate of drug-likeness (QED) is 0.556. The highest BCUT2D eigenvalue weighted by Gasteiger charge is 2.24. The molecule has 1 aliphatic rings. The van der Waals surface area contributed by atoms with E-state index >= 15 is 0 Å². The summed E-state index contributed by atoms with van der Waals surface area (Å²) in [7, 11) is -3.51. The van der Waals surface area contributed by atoms with E-state index in [2.05, 4.69) is 15.4 Å². The van der Waals surface area contributed by atoms with Crippen LogP contribution in [-0.2, 0) is 14.8 Å². The minimum atomic E-state index is -3.51. The first kappa shape index (κ1) is 22.8. The van der Waals surface area contributed by atoms with Crippen molar-refractivity contribution in [3.8, 4) is 5.69 Å². The number of sulfonamides is 1. The molecular weight excluding hydrogens is 445 g/mol. The molecule has 0 unspecified atom stereocenters. The molecule has 0 atom stereocenters. The average Bonchev–Trinajstić information content (AvgIpc) is 3.18. The second kappa shape index (κ2) is 10.1. The first-order valence-corrected chi connectivity index (χ1v) is 12.1. The summed E-state index contributed by atoms with van der Waals surface area (Å²) in [6.07, 6.45) is 9.41. The Bertz CT molecular complexity index is 1230. The van der Waals surface area contributed by atoms with Crippen LogP contribution in [-0.4, -0.2) is 46.5 Å². The molecule has 3 aromatic rings. The molecule has 1 saturated heterocycles. The van der Waals surface area contributed by atoms with Gasteiger partial charge in [-0.1, -0.05) is 25.0 Å². The third-order valence-corrected chi connectivity index (χ3v) is 7.30. The molecule has 1 N–H and O–H groups in total. The molecule has 172 valence electrons. The lowest BCUT2D eigenvalue weighted by Gasteiger charge is -2.19. The number of carbonyl (C=O) groups excluding carboxylic acids is 1. The van der Waals surface area contributed by atoms with Crippen molar-refractivity contribution >= 4 is 27.7 Å². The molecule has 0 spiro atoms. The van der Waals surface area contributed by atoms with E-state index in [1.54, 1.807) is 40.7 Å². The number of anilines is 1. The van der Waals surface area contributed by atoms with Crippen LogP contribution in [0.4, 0.5) is 10.1 Å². The number of rotatable bonds is 6. The van der Waals surface area contributed by atoms with E-state index in [9.17, 15) is 17.6 Å². The zero-order chi connectivity index (χ0) is 23.3. The van der Waals surface area contributed by atoms with Gasteiger partial charge in [-0.2, -0.15) is 9.40 Å². The SMILES string of the molecule is O=C(/C=C/c1ccc(S(=O)(=O)N2CCCCCC2)cc1)Nc1ccc(-n2cncn2)c(F)c1. The number of aromatic nitrogens is 3. The van der Waals surface area contributed by atoms with Crippen molar-refractivity contribution in [3.63, 3.8) is 0 Å². The number of hydrogen-bond acceptors (Lipinski definition) is 5. The topological polar surface area (TPSA) is 97.2 Å². The first-order valence-electron chi connectivity index (χ1n) is 10.7. The summed E-state index contributed by atoms with van der Waals surface area (Å²) < 4.78 is 42.8. The van der Waals surface area contributed by atoms with Gasteiger partial charge in [0.1, 0.15) is 18.3 Å². The van der Waals surface area contributed by atoms with Gasteiger partial charge in [0, 0.05) is 24.9 Å². The summed E-state index contributed by atoms with van der Waals surface area (Å²) in [4.78, 5) is 16.3. The predicted molar refractivity (Wildman–Crippen MR) is 123 cm³/mol. The molecule has 33 heavy (non-hydrogen) atoms. The predicted octanol–water partition coefficient (Wildman–Crippen LogP) is 3.62. The number of nitrogens with zero attached hydrogens (tertiary/aromatic N) is 4. The molecule has 0 aliphatic carbocycles. The van der Waals surface area contributed by atoms with E-state index in [4.69, 9.17) is 0 Å². The Kier molecular flexibility index (Phi) is 6.95. The monoisotopic (exact) mass is 469 g/mol. The molecule has 0 saturated carbocycles. The van der Waals surface area contributed by atoms with Crippen LogP contribution in [0.3, 0.4) is 0 Å². The van der Waals surface area contributed by atoms with Gasteiger partial charge in [0.15, 0.2) is 5.82 Å². The highest BCUT2D eigenvalue weighted by atomic mass is 32.2.